The van der Waals surface area contributed by atoms with Gasteiger partial charge in [0.1, 0.15) is 0 Å². The molecule has 0 N–H and O–H groups in total. The number of benzene rings is 2. The minimum absolute atomic E-state index is 0.544. The third-order valence-electron chi connectivity index (χ3n) is 4.15. The zero-order valence-electron chi connectivity index (χ0n) is 14.1. The van der Waals surface area contributed by atoms with Crippen LogP contribution in [0, 0.1) is 13.8 Å². The van der Waals surface area contributed by atoms with Crippen molar-refractivity contribution in [2.24, 2.45) is 0 Å². The van der Waals surface area contributed by atoms with Gasteiger partial charge < -0.3 is 0 Å². The second-order valence-corrected chi connectivity index (χ2v) is 6.62. The molecule has 1 heterocycles. The van der Waals surface area contributed by atoms with Gasteiger partial charge in [-0.2, -0.15) is 0 Å². The first-order chi connectivity index (χ1) is 10.4. The average molecular weight is 287 g/mol. The summed E-state index contributed by atoms with van der Waals surface area (Å²) in [5.41, 5.74) is 7.32. The number of hydrogen-bond acceptors (Lipinski definition) is 1. The van der Waals surface area contributed by atoms with Gasteiger partial charge in [-0.05, 0) is 54.5 Å². The number of rotatable bonds is 2. The first-order valence-electron chi connectivity index (χ1n) is 7.94. The predicted octanol–water partition coefficient (Wildman–Crippen LogP) is 3.90. The van der Waals surface area contributed by atoms with Gasteiger partial charge in [0.2, 0.25) is 0 Å². The highest BCUT2D eigenvalue weighted by atomic mass is 14.7. The molecule has 1 nitrogen and oxygen atoms in total. The molecule has 0 aliphatic rings. The van der Waals surface area contributed by atoms with Gasteiger partial charge in [0, 0.05) is 10.9 Å². The molecule has 2 aromatic carbocycles. The maximum atomic E-state index is 4.83. The highest BCUT2D eigenvalue weighted by Crippen LogP contribution is 2.29. The fraction of sp³-hybridized carbons (Fsp3) is 0.250. The third kappa shape index (κ3) is 2.78. The Morgan fingerprint density at radius 2 is 1.59 bits per heavy atom. The lowest BCUT2D eigenvalue weighted by atomic mass is 9.93. The summed E-state index contributed by atoms with van der Waals surface area (Å²) in [6, 6.07) is 15.6. The molecule has 2 heteroatoms. The van der Waals surface area contributed by atoms with Crippen LogP contribution >= 0.6 is 0 Å². The van der Waals surface area contributed by atoms with Crippen LogP contribution < -0.4 is 5.59 Å². The van der Waals surface area contributed by atoms with E-state index in [-0.39, 0.29) is 0 Å². The SMILES string of the molecule is Bc1cc2cc(C(C)C)ccc2c(-c2cc(C)cc(C)c2)n1. The van der Waals surface area contributed by atoms with Crippen molar-refractivity contribution in [1.29, 1.82) is 0 Å². The van der Waals surface area contributed by atoms with Crippen molar-refractivity contribution >= 4 is 24.2 Å². The highest BCUT2D eigenvalue weighted by molar-refractivity contribution is 6.32. The van der Waals surface area contributed by atoms with Crippen LogP contribution in [0.2, 0.25) is 0 Å². The average Bonchev–Trinajstić information content (AvgIpc) is 2.44. The van der Waals surface area contributed by atoms with E-state index in [1.165, 1.54) is 33.0 Å². The van der Waals surface area contributed by atoms with Crippen LogP contribution in [-0.2, 0) is 0 Å². The van der Waals surface area contributed by atoms with E-state index >= 15 is 0 Å². The molecule has 0 radical (unpaired) electrons. The Kier molecular flexibility index (Phi) is 3.78. The molecule has 0 aliphatic carbocycles. The molecule has 0 unspecified atom stereocenters. The Bertz CT molecular complexity index is 829. The molecule has 0 bridgehead atoms. The molecule has 1 aromatic heterocycles. The molecule has 0 saturated carbocycles. The van der Waals surface area contributed by atoms with E-state index in [0.717, 1.165) is 11.3 Å². The van der Waals surface area contributed by atoms with Crippen molar-refractivity contribution < 1.29 is 0 Å². The first kappa shape index (κ1) is 14.8. The number of fused-ring (bicyclic) bond motifs is 1. The summed E-state index contributed by atoms with van der Waals surface area (Å²) in [5.74, 6) is 0.544. The van der Waals surface area contributed by atoms with Crippen LogP contribution in [0.3, 0.4) is 0 Å². The lowest BCUT2D eigenvalue weighted by Gasteiger charge is -2.12. The van der Waals surface area contributed by atoms with Crippen molar-refractivity contribution in [2.75, 3.05) is 0 Å². The molecule has 0 saturated heterocycles. The molecule has 0 spiro atoms. The summed E-state index contributed by atoms with van der Waals surface area (Å²) in [6.45, 7) is 8.76. The van der Waals surface area contributed by atoms with E-state index in [0.29, 0.717) is 5.92 Å². The minimum atomic E-state index is 0.544. The molecule has 0 amide bonds. The lowest BCUT2D eigenvalue weighted by molar-refractivity contribution is 0.869. The van der Waals surface area contributed by atoms with Gasteiger partial charge in [-0.1, -0.05) is 49.2 Å². The van der Waals surface area contributed by atoms with Crippen LogP contribution in [0.5, 0.6) is 0 Å². The van der Waals surface area contributed by atoms with Crippen LogP contribution in [0.4, 0.5) is 0 Å². The molecule has 3 aromatic rings. The highest BCUT2D eigenvalue weighted by Gasteiger charge is 2.09. The topological polar surface area (TPSA) is 12.9 Å². The zero-order chi connectivity index (χ0) is 15.9. The smallest absolute Gasteiger partial charge is 0.163 e. The summed E-state index contributed by atoms with van der Waals surface area (Å²) in [4.78, 5) is 4.83. The van der Waals surface area contributed by atoms with Crippen molar-refractivity contribution in [3.8, 4) is 11.3 Å². The molecule has 110 valence electrons. The van der Waals surface area contributed by atoms with Gasteiger partial charge in [0.25, 0.3) is 0 Å². The Morgan fingerprint density at radius 3 is 2.23 bits per heavy atom. The van der Waals surface area contributed by atoms with Crippen molar-refractivity contribution in [2.45, 2.75) is 33.6 Å². The predicted molar refractivity (Wildman–Crippen MR) is 98.9 cm³/mol. The van der Waals surface area contributed by atoms with Crippen LogP contribution in [0.1, 0.15) is 36.5 Å². The van der Waals surface area contributed by atoms with Gasteiger partial charge in [0.05, 0.1) is 5.69 Å². The van der Waals surface area contributed by atoms with Crippen molar-refractivity contribution in [3.05, 3.63) is 59.2 Å². The van der Waals surface area contributed by atoms with E-state index in [4.69, 9.17) is 4.98 Å². The minimum Gasteiger partial charge on any atom is -0.263 e. The summed E-state index contributed by atoms with van der Waals surface area (Å²) < 4.78 is 0. The largest absolute Gasteiger partial charge is 0.263 e. The van der Waals surface area contributed by atoms with Gasteiger partial charge in [-0.25, -0.2) is 0 Å². The molecule has 0 aliphatic heterocycles. The Hall–Kier alpha value is -2.09. The Balaban J connectivity index is 2.29. The first-order valence-corrected chi connectivity index (χ1v) is 7.94. The van der Waals surface area contributed by atoms with Gasteiger partial charge in [-0.15, -0.1) is 0 Å². The molecular weight excluding hydrogens is 265 g/mol. The Labute approximate surface area is 133 Å². The fourth-order valence-corrected chi connectivity index (χ4v) is 3.10. The molecule has 22 heavy (non-hydrogen) atoms. The summed E-state index contributed by atoms with van der Waals surface area (Å²) >= 11 is 0. The summed E-state index contributed by atoms with van der Waals surface area (Å²) in [6.07, 6.45) is 0. The zero-order valence-corrected chi connectivity index (χ0v) is 14.1. The standard InChI is InChI=1S/C20H22BN/c1-12(2)15-5-6-18-16(10-15)11-19(21)22-20(18)17-8-13(3)7-14(4)9-17/h5-12H,21H2,1-4H3. The van der Waals surface area contributed by atoms with E-state index in [1.54, 1.807) is 0 Å². The number of hydrogen-bond donors (Lipinski definition) is 0. The number of aryl methyl sites for hydroxylation is 2. The van der Waals surface area contributed by atoms with E-state index in [2.05, 4.69) is 78.0 Å². The van der Waals surface area contributed by atoms with E-state index < -0.39 is 0 Å². The van der Waals surface area contributed by atoms with Crippen LogP contribution in [0.25, 0.3) is 22.0 Å². The van der Waals surface area contributed by atoms with E-state index in [1.807, 2.05) is 0 Å². The van der Waals surface area contributed by atoms with Gasteiger partial charge >= 0.3 is 0 Å². The van der Waals surface area contributed by atoms with Gasteiger partial charge in [-0.3, -0.25) is 4.98 Å². The van der Waals surface area contributed by atoms with E-state index in [9.17, 15) is 0 Å². The van der Waals surface area contributed by atoms with Gasteiger partial charge in [0.15, 0.2) is 7.85 Å². The normalized spacial score (nSPS) is 11.3. The number of nitrogens with zero attached hydrogens (tertiary/aromatic N) is 1. The van der Waals surface area contributed by atoms with Crippen molar-refractivity contribution in [1.82, 2.24) is 4.98 Å². The maximum absolute atomic E-state index is 4.83. The third-order valence-corrected chi connectivity index (χ3v) is 4.15. The van der Waals surface area contributed by atoms with Crippen molar-refractivity contribution in [3.63, 3.8) is 0 Å². The van der Waals surface area contributed by atoms with Crippen LogP contribution in [-0.4, -0.2) is 12.8 Å². The molecule has 0 atom stereocenters. The summed E-state index contributed by atoms with van der Waals surface area (Å²) in [5, 5.41) is 2.52. The summed E-state index contributed by atoms with van der Waals surface area (Å²) in [7, 11) is 2.08. The number of aromatic nitrogens is 1. The van der Waals surface area contributed by atoms with Crippen LogP contribution in [0.15, 0.2) is 42.5 Å². The molecule has 0 fully saturated rings. The lowest BCUT2D eigenvalue weighted by Crippen LogP contribution is -2.09. The maximum Gasteiger partial charge on any atom is 0.163 e. The molecular formula is C20H22BN. The molecule has 3 rings (SSSR count). The number of pyridine rings is 1. The second kappa shape index (κ2) is 5.60. The Morgan fingerprint density at radius 1 is 0.909 bits per heavy atom. The quantitative estimate of drug-likeness (QED) is 0.651. The fourth-order valence-electron chi connectivity index (χ4n) is 3.10. The monoisotopic (exact) mass is 287 g/mol. The second-order valence-electron chi connectivity index (χ2n) is 6.62.